The standard InChI is InChI=1S/C24H21Cl2N7O3/c25-14-5-7-15(8-6-14)33-21(16-3-1-2-4-17(16)26)31-20-22(29-13-30-23(20)33)32-9-10-36-18(12-32)24(35)28-11-19(27)34/h1-8,13,18H,9-12H2,(H2,27,34)(H,28,35). The van der Waals surface area contributed by atoms with Crippen molar-refractivity contribution in [3.8, 4) is 17.1 Å². The Hall–Kier alpha value is -3.73. The van der Waals surface area contributed by atoms with Crippen molar-refractivity contribution in [2.75, 3.05) is 31.1 Å². The van der Waals surface area contributed by atoms with Crippen molar-refractivity contribution >= 4 is 52.0 Å². The number of rotatable bonds is 6. The van der Waals surface area contributed by atoms with E-state index in [2.05, 4.69) is 15.3 Å². The minimum atomic E-state index is -0.801. The molecule has 0 bridgehead atoms. The average molecular weight is 526 g/mol. The second-order valence-corrected chi connectivity index (χ2v) is 8.93. The number of hydrogen-bond donors (Lipinski definition) is 2. The highest BCUT2D eigenvalue weighted by Gasteiger charge is 2.30. The van der Waals surface area contributed by atoms with Gasteiger partial charge in [0.1, 0.15) is 12.2 Å². The summed E-state index contributed by atoms with van der Waals surface area (Å²) in [4.78, 5) is 39.4. The summed E-state index contributed by atoms with van der Waals surface area (Å²) in [6, 6.07) is 14.7. The van der Waals surface area contributed by atoms with Crippen molar-refractivity contribution in [3.05, 3.63) is 64.9 Å². The number of ether oxygens (including phenoxy) is 1. The van der Waals surface area contributed by atoms with E-state index in [1.54, 1.807) is 18.2 Å². The van der Waals surface area contributed by atoms with Crippen molar-refractivity contribution in [3.63, 3.8) is 0 Å². The minimum Gasteiger partial charge on any atom is -0.368 e. The Morgan fingerprint density at radius 1 is 1.11 bits per heavy atom. The maximum Gasteiger partial charge on any atom is 0.251 e. The van der Waals surface area contributed by atoms with Crippen LogP contribution in [0, 0.1) is 0 Å². The van der Waals surface area contributed by atoms with Gasteiger partial charge in [0.15, 0.2) is 23.1 Å². The molecule has 3 heterocycles. The first-order valence-electron chi connectivity index (χ1n) is 11.1. The van der Waals surface area contributed by atoms with Crippen LogP contribution in [-0.2, 0) is 14.3 Å². The Balaban J connectivity index is 1.60. The molecule has 0 spiro atoms. The van der Waals surface area contributed by atoms with Crippen LogP contribution in [0.3, 0.4) is 0 Å². The summed E-state index contributed by atoms with van der Waals surface area (Å²) in [7, 11) is 0. The van der Waals surface area contributed by atoms with Gasteiger partial charge in [-0.2, -0.15) is 0 Å². The molecule has 2 aromatic carbocycles. The molecule has 5 rings (SSSR count). The van der Waals surface area contributed by atoms with E-state index in [1.165, 1.54) is 6.33 Å². The van der Waals surface area contributed by atoms with Crippen LogP contribution in [0.1, 0.15) is 0 Å². The van der Waals surface area contributed by atoms with E-state index in [-0.39, 0.29) is 19.7 Å². The lowest BCUT2D eigenvalue weighted by atomic mass is 10.2. The Kier molecular flexibility index (Phi) is 6.73. The molecular weight excluding hydrogens is 505 g/mol. The van der Waals surface area contributed by atoms with Gasteiger partial charge < -0.3 is 20.7 Å². The minimum absolute atomic E-state index is 0.214. The third kappa shape index (κ3) is 4.70. The monoisotopic (exact) mass is 525 g/mol. The molecule has 1 saturated heterocycles. The number of halogens is 2. The second-order valence-electron chi connectivity index (χ2n) is 8.09. The first kappa shape index (κ1) is 24.0. The quantitative estimate of drug-likeness (QED) is 0.395. The molecule has 10 nitrogen and oxygen atoms in total. The third-order valence-corrected chi connectivity index (χ3v) is 6.30. The lowest BCUT2D eigenvalue weighted by molar-refractivity contribution is -0.134. The third-order valence-electron chi connectivity index (χ3n) is 5.72. The summed E-state index contributed by atoms with van der Waals surface area (Å²) in [5.74, 6) is 0.0846. The Labute approximate surface area is 216 Å². The molecule has 2 amide bonds. The smallest absolute Gasteiger partial charge is 0.251 e. The molecule has 12 heteroatoms. The first-order valence-corrected chi connectivity index (χ1v) is 11.8. The van der Waals surface area contributed by atoms with Gasteiger partial charge in [0.05, 0.1) is 24.7 Å². The van der Waals surface area contributed by atoms with Gasteiger partial charge in [-0.15, -0.1) is 0 Å². The number of carbonyl (C=O) groups is 2. The molecule has 0 saturated carbocycles. The second kappa shape index (κ2) is 10.1. The molecule has 1 fully saturated rings. The van der Waals surface area contributed by atoms with E-state index >= 15 is 0 Å². The van der Waals surface area contributed by atoms with Gasteiger partial charge >= 0.3 is 0 Å². The molecule has 1 unspecified atom stereocenters. The highest BCUT2D eigenvalue weighted by Crippen LogP contribution is 2.35. The number of hydrogen-bond acceptors (Lipinski definition) is 7. The molecule has 3 N–H and O–H groups in total. The summed E-state index contributed by atoms with van der Waals surface area (Å²) in [5, 5.41) is 3.63. The molecule has 1 aliphatic heterocycles. The Morgan fingerprint density at radius 2 is 1.89 bits per heavy atom. The van der Waals surface area contributed by atoms with Crippen molar-refractivity contribution in [1.29, 1.82) is 0 Å². The highest BCUT2D eigenvalue weighted by atomic mass is 35.5. The zero-order chi connectivity index (χ0) is 25.2. The maximum atomic E-state index is 12.5. The lowest BCUT2D eigenvalue weighted by Crippen LogP contribution is -2.51. The normalized spacial score (nSPS) is 15.7. The number of primary amides is 1. The molecular formula is C24H21Cl2N7O3. The number of morpholine rings is 1. The molecule has 1 aliphatic rings. The van der Waals surface area contributed by atoms with Gasteiger partial charge in [0.2, 0.25) is 5.91 Å². The Bertz CT molecular complexity index is 1440. The number of nitrogens with two attached hydrogens (primary N) is 1. The van der Waals surface area contributed by atoms with Gasteiger partial charge in [0.25, 0.3) is 5.91 Å². The molecule has 4 aromatic rings. The van der Waals surface area contributed by atoms with Crippen molar-refractivity contribution in [2.24, 2.45) is 5.73 Å². The fourth-order valence-corrected chi connectivity index (χ4v) is 4.40. The summed E-state index contributed by atoms with van der Waals surface area (Å²) >= 11 is 12.7. The van der Waals surface area contributed by atoms with Gasteiger partial charge in [-0.3, -0.25) is 14.2 Å². The van der Waals surface area contributed by atoms with Gasteiger partial charge in [0, 0.05) is 22.8 Å². The fraction of sp³-hybridized carbons (Fsp3) is 0.208. The summed E-state index contributed by atoms with van der Waals surface area (Å²) < 4.78 is 7.52. The van der Waals surface area contributed by atoms with E-state index in [9.17, 15) is 9.59 Å². The molecule has 2 aromatic heterocycles. The van der Waals surface area contributed by atoms with Gasteiger partial charge in [-0.05, 0) is 36.4 Å². The van der Waals surface area contributed by atoms with Gasteiger partial charge in [-0.1, -0.05) is 35.3 Å². The molecule has 184 valence electrons. The summed E-state index contributed by atoms with van der Waals surface area (Å²) in [6.45, 7) is 0.728. The van der Waals surface area contributed by atoms with Crippen LogP contribution in [-0.4, -0.2) is 63.7 Å². The number of anilines is 1. The molecule has 0 aliphatic carbocycles. The van der Waals surface area contributed by atoms with Crippen molar-refractivity contribution < 1.29 is 14.3 Å². The van der Waals surface area contributed by atoms with Crippen molar-refractivity contribution in [1.82, 2.24) is 24.8 Å². The van der Waals surface area contributed by atoms with Gasteiger partial charge in [-0.25, -0.2) is 15.0 Å². The molecule has 1 atom stereocenters. The topological polar surface area (TPSA) is 128 Å². The molecule has 36 heavy (non-hydrogen) atoms. The van der Waals surface area contributed by atoms with E-state index in [1.807, 2.05) is 39.8 Å². The van der Waals surface area contributed by atoms with Crippen LogP contribution in [0.2, 0.25) is 10.0 Å². The number of aromatic nitrogens is 4. The largest absolute Gasteiger partial charge is 0.368 e. The SMILES string of the molecule is NC(=O)CNC(=O)C1CN(c2ncnc3c2nc(-c2ccccc2Cl)n3-c2ccc(Cl)cc2)CCO1. The van der Waals surface area contributed by atoms with Crippen molar-refractivity contribution in [2.45, 2.75) is 6.10 Å². The number of amides is 2. The number of imidazole rings is 1. The number of fused-ring (bicyclic) bond motifs is 1. The number of nitrogens with zero attached hydrogens (tertiary/aromatic N) is 5. The van der Waals surface area contributed by atoms with Crippen LogP contribution in [0.4, 0.5) is 5.82 Å². The Morgan fingerprint density at radius 3 is 2.64 bits per heavy atom. The zero-order valence-electron chi connectivity index (χ0n) is 18.9. The predicted octanol–water partition coefficient (Wildman–Crippen LogP) is 2.60. The number of nitrogens with one attached hydrogen (secondary N) is 1. The predicted molar refractivity (Wildman–Crippen MR) is 136 cm³/mol. The van der Waals surface area contributed by atoms with E-state index < -0.39 is 17.9 Å². The van der Waals surface area contributed by atoms with Crippen LogP contribution < -0.4 is 16.0 Å². The summed E-state index contributed by atoms with van der Waals surface area (Å²) in [5.41, 5.74) is 7.77. The average Bonchev–Trinajstić information content (AvgIpc) is 3.27. The first-order chi connectivity index (χ1) is 17.4. The highest BCUT2D eigenvalue weighted by molar-refractivity contribution is 6.33. The van der Waals surface area contributed by atoms with Crippen LogP contribution in [0.15, 0.2) is 54.9 Å². The van der Waals surface area contributed by atoms with Crippen LogP contribution in [0.25, 0.3) is 28.2 Å². The van der Waals surface area contributed by atoms with Crippen LogP contribution >= 0.6 is 23.2 Å². The lowest BCUT2D eigenvalue weighted by Gasteiger charge is -2.32. The fourth-order valence-electron chi connectivity index (χ4n) is 4.06. The van der Waals surface area contributed by atoms with E-state index in [4.69, 9.17) is 38.7 Å². The van der Waals surface area contributed by atoms with E-state index in [0.717, 1.165) is 11.3 Å². The maximum absolute atomic E-state index is 12.5. The molecule has 0 radical (unpaired) electrons. The number of benzene rings is 2. The van der Waals surface area contributed by atoms with E-state index in [0.29, 0.717) is 39.4 Å². The van der Waals surface area contributed by atoms with Crippen LogP contribution in [0.5, 0.6) is 0 Å². The number of carbonyl (C=O) groups excluding carboxylic acids is 2. The summed E-state index contributed by atoms with van der Waals surface area (Å²) in [6.07, 6.45) is 0.657. The zero-order valence-corrected chi connectivity index (χ0v) is 20.4.